The van der Waals surface area contributed by atoms with Gasteiger partial charge in [-0.15, -0.1) is 0 Å². The van der Waals surface area contributed by atoms with Crippen LogP contribution in [0.2, 0.25) is 0 Å². The minimum Gasteiger partial charge on any atom is -0.444 e. The van der Waals surface area contributed by atoms with E-state index in [0.29, 0.717) is 30.2 Å². The second-order valence-electron chi connectivity index (χ2n) is 9.71. The summed E-state index contributed by atoms with van der Waals surface area (Å²) in [4.78, 5) is 24.9. The van der Waals surface area contributed by atoms with Gasteiger partial charge < -0.3 is 14.5 Å². The number of nitrogens with zero attached hydrogens (tertiary/aromatic N) is 7. The van der Waals surface area contributed by atoms with E-state index >= 15 is 0 Å². The molecular formula is C22H27F2N7O2. The second-order valence-corrected chi connectivity index (χ2v) is 9.71. The number of carbonyl (C=O) groups excluding carboxylic acids is 1. The standard InChI is InChI=1S/C22H27F2N7O2/c1-13-5-6-29(13)20-19-25-8-17(18(23)24)30(19)12-16(27-20)14-7-26-31(9-14)15-10-28(11-15)21(32)33-22(2,3)4/h7-9,12-13,15,18H,5-6,10-11H2,1-4H3/t13-/m0/s1. The Labute approximate surface area is 190 Å². The van der Waals surface area contributed by atoms with Crippen LogP contribution in [0.5, 0.6) is 0 Å². The van der Waals surface area contributed by atoms with Gasteiger partial charge in [-0.25, -0.2) is 23.5 Å². The molecule has 0 saturated carbocycles. The van der Waals surface area contributed by atoms with E-state index in [-0.39, 0.29) is 23.9 Å². The summed E-state index contributed by atoms with van der Waals surface area (Å²) in [6, 6.07) is 0.300. The van der Waals surface area contributed by atoms with Crippen molar-refractivity contribution in [3.63, 3.8) is 0 Å². The third-order valence-electron chi connectivity index (χ3n) is 6.10. The normalized spacial score (nSPS) is 19.2. The molecule has 11 heteroatoms. The van der Waals surface area contributed by atoms with Crippen LogP contribution in [-0.4, -0.2) is 66.4 Å². The number of ether oxygens (including phenoxy) is 1. The zero-order chi connectivity index (χ0) is 23.5. The summed E-state index contributed by atoms with van der Waals surface area (Å²) < 4.78 is 35.8. The average Bonchev–Trinajstić information content (AvgIpc) is 3.31. The molecule has 0 bridgehead atoms. The van der Waals surface area contributed by atoms with Gasteiger partial charge in [-0.1, -0.05) is 0 Å². The summed E-state index contributed by atoms with van der Waals surface area (Å²) in [5, 5.41) is 4.44. The quantitative estimate of drug-likeness (QED) is 0.588. The van der Waals surface area contributed by atoms with Crippen molar-refractivity contribution in [1.29, 1.82) is 0 Å². The largest absolute Gasteiger partial charge is 0.444 e. The number of rotatable bonds is 4. The van der Waals surface area contributed by atoms with Gasteiger partial charge >= 0.3 is 6.09 Å². The number of amides is 1. The van der Waals surface area contributed by atoms with Crippen molar-refractivity contribution < 1.29 is 18.3 Å². The third-order valence-corrected chi connectivity index (χ3v) is 6.10. The van der Waals surface area contributed by atoms with Crippen LogP contribution in [0.3, 0.4) is 0 Å². The minimum absolute atomic E-state index is 0.0229. The van der Waals surface area contributed by atoms with Crippen LogP contribution in [0.4, 0.5) is 19.4 Å². The number of fused-ring (bicyclic) bond motifs is 1. The van der Waals surface area contributed by atoms with Gasteiger partial charge in [0.1, 0.15) is 11.3 Å². The maximum absolute atomic E-state index is 13.6. The molecule has 0 radical (unpaired) electrons. The summed E-state index contributed by atoms with van der Waals surface area (Å²) >= 11 is 0. The predicted molar refractivity (Wildman–Crippen MR) is 117 cm³/mol. The second kappa shape index (κ2) is 7.67. The molecule has 0 aliphatic carbocycles. The SMILES string of the molecule is C[C@H]1CCN1c1nc(-c2cnn(C3CN(C(=O)OC(C)(C)C)C3)c2)cn2c(C(F)F)cnc12. The first-order valence-corrected chi connectivity index (χ1v) is 11.1. The zero-order valence-electron chi connectivity index (χ0n) is 19.1. The Morgan fingerprint density at radius 1 is 1.21 bits per heavy atom. The highest BCUT2D eigenvalue weighted by Gasteiger charge is 2.35. The molecule has 5 rings (SSSR count). The molecule has 0 spiro atoms. The van der Waals surface area contributed by atoms with Crippen LogP contribution < -0.4 is 4.90 Å². The Bertz CT molecular complexity index is 1190. The third kappa shape index (κ3) is 3.89. The van der Waals surface area contributed by atoms with Crippen LogP contribution in [-0.2, 0) is 4.74 Å². The minimum atomic E-state index is -2.64. The fraction of sp³-hybridized carbons (Fsp3) is 0.545. The molecule has 2 aliphatic rings. The lowest BCUT2D eigenvalue weighted by atomic mass is 10.1. The number of halogens is 2. The van der Waals surface area contributed by atoms with Crippen molar-refractivity contribution in [3.8, 4) is 11.3 Å². The molecule has 0 N–H and O–H groups in total. The maximum atomic E-state index is 13.6. The molecule has 1 atom stereocenters. The molecule has 3 aromatic heterocycles. The lowest BCUT2D eigenvalue weighted by Gasteiger charge is -2.39. The number of alkyl halides is 2. The molecule has 2 saturated heterocycles. The zero-order valence-corrected chi connectivity index (χ0v) is 19.1. The number of hydrogen-bond acceptors (Lipinski definition) is 6. The number of carbonyl (C=O) groups is 1. The van der Waals surface area contributed by atoms with E-state index in [1.165, 1.54) is 10.6 Å². The van der Waals surface area contributed by atoms with Gasteiger partial charge in [0.15, 0.2) is 11.5 Å². The summed E-state index contributed by atoms with van der Waals surface area (Å²) in [7, 11) is 0. The summed E-state index contributed by atoms with van der Waals surface area (Å²) in [5.41, 5.74) is 0.992. The van der Waals surface area contributed by atoms with Crippen LogP contribution in [0.1, 0.15) is 52.3 Å². The van der Waals surface area contributed by atoms with Crippen molar-refractivity contribution in [2.45, 2.75) is 58.2 Å². The van der Waals surface area contributed by atoms with Crippen molar-refractivity contribution in [1.82, 2.24) is 29.0 Å². The monoisotopic (exact) mass is 459 g/mol. The Kier molecular flexibility index (Phi) is 5.02. The molecule has 9 nitrogen and oxygen atoms in total. The highest BCUT2D eigenvalue weighted by atomic mass is 19.3. The van der Waals surface area contributed by atoms with E-state index in [1.807, 2.05) is 27.0 Å². The summed E-state index contributed by atoms with van der Waals surface area (Å²) in [5.74, 6) is 0.602. The fourth-order valence-corrected chi connectivity index (χ4v) is 4.08. The first-order chi connectivity index (χ1) is 15.6. The summed E-state index contributed by atoms with van der Waals surface area (Å²) in [6.45, 7) is 9.39. The predicted octanol–water partition coefficient (Wildman–Crippen LogP) is 3.92. The Balaban J connectivity index is 1.40. The van der Waals surface area contributed by atoms with Gasteiger partial charge in [0.25, 0.3) is 6.43 Å². The molecule has 3 aromatic rings. The van der Waals surface area contributed by atoms with Crippen LogP contribution in [0.15, 0.2) is 24.8 Å². The number of aromatic nitrogens is 5. The van der Waals surface area contributed by atoms with E-state index < -0.39 is 12.0 Å². The van der Waals surface area contributed by atoms with Crippen molar-refractivity contribution >= 4 is 17.6 Å². The van der Waals surface area contributed by atoms with E-state index in [1.54, 1.807) is 22.0 Å². The van der Waals surface area contributed by atoms with E-state index in [0.717, 1.165) is 18.5 Å². The molecular weight excluding hydrogens is 432 g/mol. The molecule has 33 heavy (non-hydrogen) atoms. The lowest BCUT2D eigenvalue weighted by molar-refractivity contribution is -0.000385. The van der Waals surface area contributed by atoms with Crippen molar-refractivity contribution in [3.05, 3.63) is 30.5 Å². The van der Waals surface area contributed by atoms with Gasteiger partial charge in [-0.05, 0) is 34.1 Å². The highest BCUT2D eigenvalue weighted by molar-refractivity contribution is 5.72. The molecule has 2 fully saturated rings. The fourth-order valence-electron chi connectivity index (χ4n) is 4.08. The van der Waals surface area contributed by atoms with Crippen molar-refractivity contribution in [2.75, 3.05) is 24.5 Å². The Morgan fingerprint density at radius 2 is 1.97 bits per heavy atom. The average molecular weight is 460 g/mol. The summed E-state index contributed by atoms with van der Waals surface area (Å²) in [6.07, 6.45) is 4.35. The highest BCUT2D eigenvalue weighted by Crippen LogP contribution is 2.33. The number of anilines is 1. The first kappa shape index (κ1) is 21.6. The maximum Gasteiger partial charge on any atom is 0.410 e. The lowest BCUT2D eigenvalue weighted by Crippen LogP contribution is -2.52. The smallest absolute Gasteiger partial charge is 0.410 e. The van der Waals surface area contributed by atoms with Crippen LogP contribution in [0.25, 0.3) is 16.9 Å². The Morgan fingerprint density at radius 3 is 2.58 bits per heavy atom. The van der Waals surface area contributed by atoms with Crippen molar-refractivity contribution in [2.24, 2.45) is 0 Å². The topological polar surface area (TPSA) is 80.8 Å². The molecule has 1 amide bonds. The van der Waals surface area contributed by atoms with Crippen LogP contribution >= 0.6 is 0 Å². The van der Waals surface area contributed by atoms with Crippen LogP contribution in [0, 0.1) is 0 Å². The number of imidazole rings is 1. The van der Waals surface area contributed by atoms with Gasteiger partial charge in [0.2, 0.25) is 0 Å². The molecule has 0 aromatic carbocycles. The molecule has 0 unspecified atom stereocenters. The first-order valence-electron chi connectivity index (χ1n) is 11.1. The van der Waals surface area contributed by atoms with Gasteiger partial charge in [0.05, 0.1) is 24.1 Å². The van der Waals surface area contributed by atoms with E-state index in [4.69, 9.17) is 9.72 Å². The molecule has 2 aliphatic heterocycles. The van der Waals surface area contributed by atoms with E-state index in [9.17, 15) is 13.6 Å². The van der Waals surface area contributed by atoms with Gasteiger partial charge in [-0.2, -0.15) is 5.10 Å². The van der Waals surface area contributed by atoms with E-state index in [2.05, 4.69) is 21.9 Å². The van der Waals surface area contributed by atoms with Gasteiger partial charge in [0, 0.05) is 43.6 Å². The molecule has 176 valence electrons. The molecule has 5 heterocycles. The number of hydrogen-bond donors (Lipinski definition) is 0. The Hall–Kier alpha value is -3.24. The number of likely N-dealkylation sites (tertiary alicyclic amines) is 1. The van der Waals surface area contributed by atoms with Gasteiger partial charge in [-0.3, -0.25) is 9.08 Å².